The van der Waals surface area contributed by atoms with Gasteiger partial charge in [-0.05, 0) is 32.0 Å². The first kappa shape index (κ1) is 22.5. The summed E-state index contributed by atoms with van der Waals surface area (Å²) in [6.45, 7) is 3.25. The van der Waals surface area contributed by atoms with Crippen molar-refractivity contribution >= 4 is 29.2 Å². The number of carbonyl (C=O) groups excluding carboxylic acids is 3. The van der Waals surface area contributed by atoms with E-state index in [1.807, 2.05) is 0 Å². The van der Waals surface area contributed by atoms with E-state index in [-0.39, 0.29) is 37.2 Å². The Kier molecular flexibility index (Phi) is 7.85. The summed E-state index contributed by atoms with van der Waals surface area (Å²) in [4.78, 5) is 37.3. The van der Waals surface area contributed by atoms with Gasteiger partial charge < -0.3 is 31.3 Å². The van der Waals surface area contributed by atoms with Crippen molar-refractivity contribution in [1.29, 1.82) is 0 Å². The van der Waals surface area contributed by atoms with Crippen molar-refractivity contribution in [2.45, 2.75) is 32.4 Å². The van der Waals surface area contributed by atoms with Gasteiger partial charge in [-0.15, -0.1) is 6.54 Å². The molecule has 11 heteroatoms. The van der Waals surface area contributed by atoms with Gasteiger partial charge in [0.2, 0.25) is 5.91 Å². The van der Waals surface area contributed by atoms with E-state index in [2.05, 4.69) is 16.0 Å². The summed E-state index contributed by atoms with van der Waals surface area (Å²) in [5.74, 6) is -1.14. The van der Waals surface area contributed by atoms with E-state index in [1.54, 1.807) is 13.8 Å². The topological polar surface area (TPSA) is 124 Å². The van der Waals surface area contributed by atoms with Crippen LogP contribution in [-0.2, 0) is 14.3 Å². The lowest BCUT2D eigenvalue weighted by molar-refractivity contribution is -0.125. The van der Waals surface area contributed by atoms with Crippen LogP contribution in [0.25, 0.3) is 5.73 Å². The number of hydrogen-bond donors (Lipinski definition) is 3. The molecule has 1 heterocycles. The minimum absolute atomic E-state index is 0.0535. The Morgan fingerprint density at radius 1 is 1.28 bits per heavy atom. The molecule has 2 rings (SSSR count). The lowest BCUT2D eigenvalue weighted by Crippen LogP contribution is -2.50. The van der Waals surface area contributed by atoms with Gasteiger partial charge in [0.15, 0.2) is 0 Å². The van der Waals surface area contributed by atoms with Gasteiger partial charge in [0.05, 0.1) is 18.3 Å². The Morgan fingerprint density at radius 2 is 2.00 bits per heavy atom. The molecule has 0 radical (unpaired) electrons. The molecule has 0 bridgehead atoms. The van der Waals surface area contributed by atoms with E-state index in [1.165, 1.54) is 17.0 Å². The van der Waals surface area contributed by atoms with E-state index in [9.17, 15) is 23.2 Å². The molecule has 1 aromatic rings. The molecule has 4 N–H and O–H groups in total. The summed E-state index contributed by atoms with van der Waals surface area (Å²) >= 11 is 0. The van der Waals surface area contributed by atoms with Gasteiger partial charge in [0.25, 0.3) is 12.3 Å². The van der Waals surface area contributed by atoms with Crippen molar-refractivity contribution in [1.82, 2.24) is 10.6 Å². The Labute approximate surface area is 166 Å². The third-order valence-corrected chi connectivity index (χ3v) is 4.05. The highest BCUT2D eigenvalue weighted by Crippen LogP contribution is 2.33. The highest BCUT2D eigenvalue weighted by molar-refractivity contribution is 5.99. The minimum atomic E-state index is -2.88. The molecule has 1 fully saturated rings. The van der Waals surface area contributed by atoms with E-state index < -0.39 is 42.4 Å². The Balaban J connectivity index is 2.15. The first-order chi connectivity index (χ1) is 13.7. The molecular weight excluding hydrogens is 388 g/mol. The lowest BCUT2D eigenvalue weighted by atomic mass is 10.1. The molecule has 0 unspecified atom stereocenters. The number of ether oxygens (including phenoxy) is 1. The molecule has 160 valence electrons. The number of rotatable bonds is 7. The number of morpholine rings is 1. The summed E-state index contributed by atoms with van der Waals surface area (Å²) in [5.41, 5.74) is 7.16. The Bertz CT molecular complexity index is 760. The fourth-order valence-corrected chi connectivity index (χ4v) is 2.73. The standard InChI is InChI=1S/C18H24F2N5O4/c1-10(2)22-18(28)24-13(8-21)17(27)23-11-3-4-14(12(7-11)16(19)20)25-5-6-29-9-15(25)26/h3-4,7,10,13,16,21H,5-6,8-9H2,1-2H3,(H,23,27)(H2,22,24,28)/q-1/t13-/m1/s1. The van der Waals surface area contributed by atoms with Crippen molar-refractivity contribution < 1.29 is 27.9 Å². The number of benzene rings is 1. The molecule has 1 aromatic carbocycles. The number of nitrogens with one attached hydrogen (secondary N) is 4. The third kappa shape index (κ3) is 6.09. The number of carbonyl (C=O) groups is 3. The maximum Gasteiger partial charge on any atom is 0.315 e. The van der Waals surface area contributed by atoms with Crippen LogP contribution >= 0.6 is 0 Å². The van der Waals surface area contributed by atoms with Crippen LogP contribution in [-0.4, -0.2) is 56.2 Å². The number of alkyl halides is 2. The van der Waals surface area contributed by atoms with E-state index in [0.29, 0.717) is 0 Å². The van der Waals surface area contributed by atoms with Crippen LogP contribution in [0, 0.1) is 0 Å². The summed E-state index contributed by atoms with van der Waals surface area (Å²) < 4.78 is 32.1. The number of amides is 4. The van der Waals surface area contributed by atoms with Crippen molar-refractivity contribution in [3.05, 3.63) is 29.5 Å². The van der Waals surface area contributed by atoms with Crippen LogP contribution in [0.2, 0.25) is 0 Å². The number of urea groups is 1. The zero-order valence-corrected chi connectivity index (χ0v) is 16.1. The first-order valence-corrected chi connectivity index (χ1v) is 9.05. The fourth-order valence-electron chi connectivity index (χ4n) is 2.73. The molecule has 1 aliphatic heterocycles. The number of hydrogen-bond acceptors (Lipinski definition) is 4. The average Bonchev–Trinajstić information content (AvgIpc) is 2.66. The summed E-state index contributed by atoms with van der Waals surface area (Å²) in [6, 6.07) is 1.86. The second-order valence-electron chi connectivity index (χ2n) is 6.69. The van der Waals surface area contributed by atoms with Crippen LogP contribution in [0.5, 0.6) is 0 Å². The molecule has 1 saturated heterocycles. The van der Waals surface area contributed by atoms with E-state index >= 15 is 0 Å². The molecule has 0 aromatic heterocycles. The molecule has 29 heavy (non-hydrogen) atoms. The normalized spacial score (nSPS) is 15.4. The number of halogens is 2. The number of anilines is 2. The predicted molar refractivity (Wildman–Crippen MR) is 103 cm³/mol. The van der Waals surface area contributed by atoms with Gasteiger partial charge >= 0.3 is 6.03 Å². The molecule has 0 spiro atoms. The van der Waals surface area contributed by atoms with Crippen LogP contribution in [0.1, 0.15) is 25.8 Å². The van der Waals surface area contributed by atoms with Gasteiger partial charge in [0, 0.05) is 23.8 Å². The van der Waals surface area contributed by atoms with Crippen LogP contribution in [0.15, 0.2) is 18.2 Å². The van der Waals surface area contributed by atoms with Gasteiger partial charge in [-0.25, -0.2) is 13.6 Å². The molecule has 0 aliphatic carbocycles. The monoisotopic (exact) mass is 412 g/mol. The molecule has 1 aliphatic rings. The van der Waals surface area contributed by atoms with Crippen LogP contribution in [0.4, 0.5) is 25.0 Å². The number of nitrogens with zero attached hydrogens (tertiary/aromatic N) is 1. The lowest BCUT2D eigenvalue weighted by Gasteiger charge is -2.29. The first-order valence-electron chi connectivity index (χ1n) is 9.05. The van der Waals surface area contributed by atoms with Gasteiger partial charge in [-0.1, -0.05) is 0 Å². The van der Waals surface area contributed by atoms with Crippen molar-refractivity contribution in [3.8, 4) is 0 Å². The highest BCUT2D eigenvalue weighted by Gasteiger charge is 2.26. The van der Waals surface area contributed by atoms with Crippen molar-refractivity contribution in [2.24, 2.45) is 0 Å². The molecule has 0 saturated carbocycles. The van der Waals surface area contributed by atoms with Crippen LogP contribution < -0.4 is 20.9 Å². The summed E-state index contributed by atoms with van der Waals surface area (Å²) in [6.07, 6.45) is -2.88. The van der Waals surface area contributed by atoms with Gasteiger partial charge in [-0.3, -0.25) is 9.59 Å². The van der Waals surface area contributed by atoms with Crippen molar-refractivity contribution in [3.63, 3.8) is 0 Å². The third-order valence-electron chi connectivity index (χ3n) is 4.05. The Morgan fingerprint density at radius 3 is 2.59 bits per heavy atom. The van der Waals surface area contributed by atoms with E-state index in [4.69, 9.17) is 10.5 Å². The predicted octanol–water partition coefficient (Wildman–Crippen LogP) is 2.05. The Hall–Kier alpha value is -2.79. The quantitative estimate of drug-likeness (QED) is 0.634. The van der Waals surface area contributed by atoms with Crippen molar-refractivity contribution in [2.75, 3.05) is 36.5 Å². The molecule has 4 amide bonds. The zero-order chi connectivity index (χ0) is 21.6. The van der Waals surface area contributed by atoms with Crippen LogP contribution in [0.3, 0.4) is 0 Å². The zero-order valence-electron chi connectivity index (χ0n) is 16.1. The molecule has 9 nitrogen and oxygen atoms in total. The van der Waals surface area contributed by atoms with Gasteiger partial charge in [0.1, 0.15) is 6.61 Å². The van der Waals surface area contributed by atoms with Gasteiger partial charge in [-0.2, -0.15) is 0 Å². The highest BCUT2D eigenvalue weighted by atomic mass is 19.3. The fraction of sp³-hybridized carbons (Fsp3) is 0.500. The smallest absolute Gasteiger partial charge is 0.315 e. The largest absolute Gasteiger partial charge is 0.675 e. The molecular formula is C18H24F2N5O4-. The SMILES string of the molecule is CC(C)NC(=O)N[C@H](C[NH-])C(=O)Nc1ccc(N2CCOCC2=O)c(C(F)F)c1. The second-order valence-corrected chi connectivity index (χ2v) is 6.69. The summed E-state index contributed by atoms with van der Waals surface area (Å²) in [5, 5.41) is 7.32. The minimum Gasteiger partial charge on any atom is -0.675 e. The maximum absolute atomic E-state index is 13.6. The van der Waals surface area contributed by atoms with E-state index in [0.717, 1.165) is 6.07 Å². The molecule has 1 atom stereocenters. The average molecular weight is 412 g/mol. The maximum atomic E-state index is 13.6. The second kappa shape index (κ2) is 10.1. The summed E-state index contributed by atoms with van der Waals surface area (Å²) in [7, 11) is 0.